The van der Waals surface area contributed by atoms with E-state index in [2.05, 4.69) is 9.97 Å². The van der Waals surface area contributed by atoms with Crippen LogP contribution < -0.4 is 15.4 Å². The number of amides is 1. The second kappa shape index (κ2) is 6.57. The molecular formula is C15H15FN4O3. The number of benzene rings is 1. The third kappa shape index (κ3) is 3.54. The number of hydrogen-bond donors (Lipinski definition) is 1. The van der Waals surface area contributed by atoms with Crippen LogP contribution in [0.3, 0.4) is 0 Å². The zero-order valence-electron chi connectivity index (χ0n) is 12.2. The Morgan fingerprint density at radius 1 is 1.35 bits per heavy atom. The number of morpholine rings is 1. The Labute approximate surface area is 131 Å². The van der Waals surface area contributed by atoms with Gasteiger partial charge in [0.05, 0.1) is 13.2 Å². The number of carbonyl (C=O) groups excluding carboxylic acids is 1. The predicted octanol–water partition coefficient (Wildman–Crippen LogP) is 1.10. The van der Waals surface area contributed by atoms with Crippen molar-refractivity contribution >= 4 is 11.9 Å². The minimum absolute atomic E-state index is 0.196. The van der Waals surface area contributed by atoms with Crippen molar-refractivity contribution in [3.63, 3.8) is 0 Å². The lowest BCUT2D eigenvalue weighted by Gasteiger charge is -2.33. The molecule has 0 saturated carbocycles. The van der Waals surface area contributed by atoms with Gasteiger partial charge in [0, 0.05) is 18.8 Å². The number of ether oxygens (including phenoxy) is 2. The minimum Gasteiger partial charge on any atom is -0.439 e. The molecule has 0 spiro atoms. The Bertz CT molecular complexity index is 695. The number of carbonyl (C=O) groups is 1. The molecular weight excluding hydrogens is 303 g/mol. The number of primary amides is 1. The van der Waals surface area contributed by atoms with Crippen molar-refractivity contribution in [1.29, 1.82) is 0 Å². The summed E-state index contributed by atoms with van der Waals surface area (Å²) in [7, 11) is 0. The van der Waals surface area contributed by atoms with Gasteiger partial charge in [-0.2, -0.15) is 4.98 Å². The Kier molecular flexibility index (Phi) is 4.33. The van der Waals surface area contributed by atoms with Crippen LogP contribution in [-0.4, -0.2) is 41.7 Å². The molecule has 0 unspecified atom stereocenters. The summed E-state index contributed by atoms with van der Waals surface area (Å²) in [5.41, 5.74) is 5.39. The fourth-order valence-corrected chi connectivity index (χ4v) is 2.23. The molecule has 0 radical (unpaired) electrons. The van der Waals surface area contributed by atoms with Crippen LogP contribution in [0.4, 0.5) is 10.3 Å². The van der Waals surface area contributed by atoms with Gasteiger partial charge >= 0.3 is 0 Å². The van der Waals surface area contributed by atoms with Crippen molar-refractivity contribution in [1.82, 2.24) is 9.97 Å². The second-order valence-corrected chi connectivity index (χ2v) is 4.94. The highest BCUT2D eigenvalue weighted by atomic mass is 19.1. The fraction of sp³-hybridized carbons (Fsp3) is 0.267. The van der Waals surface area contributed by atoms with E-state index in [-0.39, 0.29) is 18.3 Å². The van der Waals surface area contributed by atoms with Gasteiger partial charge in [-0.3, -0.25) is 4.79 Å². The summed E-state index contributed by atoms with van der Waals surface area (Å²) >= 11 is 0. The summed E-state index contributed by atoms with van der Waals surface area (Å²) in [6.45, 7) is 1.10. The average Bonchev–Trinajstić information content (AvgIpc) is 2.57. The topological polar surface area (TPSA) is 90.6 Å². The van der Waals surface area contributed by atoms with Gasteiger partial charge in [0.15, 0.2) is 0 Å². The van der Waals surface area contributed by atoms with Gasteiger partial charge in [-0.05, 0) is 24.3 Å². The van der Waals surface area contributed by atoms with Crippen LogP contribution >= 0.6 is 0 Å². The first kappa shape index (κ1) is 15.2. The second-order valence-electron chi connectivity index (χ2n) is 4.94. The van der Waals surface area contributed by atoms with E-state index in [0.29, 0.717) is 24.8 Å². The molecule has 0 aliphatic carbocycles. The molecule has 1 fully saturated rings. The highest BCUT2D eigenvalue weighted by molar-refractivity contribution is 5.83. The summed E-state index contributed by atoms with van der Waals surface area (Å²) in [5.74, 6) is 0.217. The standard InChI is InChI=1S/C15H15FN4O3/c16-10-1-3-11(4-2-10)23-13-5-6-18-15(19-13)20-7-8-22-9-12(20)14(17)21/h1-6,12H,7-9H2,(H2,17,21)/t12-/m1/s1. The summed E-state index contributed by atoms with van der Waals surface area (Å²) in [6, 6.07) is 6.54. The molecule has 1 amide bonds. The molecule has 0 bridgehead atoms. The third-order valence-electron chi connectivity index (χ3n) is 3.37. The maximum absolute atomic E-state index is 12.9. The predicted molar refractivity (Wildman–Crippen MR) is 79.7 cm³/mol. The van der Waals surface area contributed by atoms with Gasteiger partial charge in [0.2, 0.25) is 17.7 Å². The monoisotopic (exact) mass is 318 g/mol. The van der Waals surface area contributed by atoms with Crippen molar-refractivity contribution in [3.8, 4) is 11.6 Å². The molecule has 8 heteroatoms. The normalized spacial score (nSPS) is 17.8. The number of hydrogen-bond acceptors (Lipinski definition) is 6. The van der Waals surface area contributed by atoms with E-state index in [1.54, 1.807) is 11.0 Å². The van der Waals surface area contributed by atoms with E-state index in [9.17, 15) is 9.18 Å². The number of nitrogens with two attached hydrogens (primary N) is 1. The first-order valence-corrected chi connectivity index (χ1v) is 7.03. The molecule has 2 aromatic rings. The highest BCUT2D eigenvalue weighted by Crippen LogP contribution is 2.22. The zero-order chi connectivity index (χ0) is 16.2. The fourth-order valence-electron chi connectivity index (χ4n) is 2.23. The van der Waals surface area contributed by atoms with Crippen molar-refractivity contribution < 1.29 is 18.7 Å². The summed E-state index contributed by atoms with van der Waals surface area (Å²) < 4.78 is 23.7. The summed E-state index contributed by atoms with van der Waals surface area (Å²) in [4.78, 5) is 21.7. The number of nitrogens with zero attached hydrogens (tertiary/aromatic N) is 3. The van der Waals surface area contributed by atoms with Crippen molar-refractivity contribution in [2.45, 2.75) is 6.04 Å². The molecule has 120 valence electrons. The molecule has 23 heavy (non-hydrogen) atoms. The van der Waals surface area contributed by atoms with Crippen LogP contribution in [0.5, 0.6) is 11.6 Å². The van der Waals surface area contributed by atoms with Gasteiger partial charge in [-0.15, -0.1) is 0 Å². The summed E-state index contributed by atoms with van der Waals surface area (Å²) in [5, 5.41) is 0. The van der Waals surface area contributed by atoms with Crippen LogP contribution in [0.2, 0.25) is 0 Å². The highest BCUT2D eigenvalue weighted by Gasteiger charge is 2.29. The molecule has 1 aromatic carbocycles. The van der Waals surface area contributed by atoms with Crippen molar-refractivity contribution in [2.24, 2.45) is 5.73 Å². The van der Waals surface area contributed by atoms with E-state index in [4.69, 9.17) is 15.2 Å². The Balaban J connectivity index is 1.81. The van der Waals surface area contributed by atoms with Gasteiger partial charge in [-0.1, -0.05) is 0 Å². The quantitative estimate of drug-likeness (QED) is 0.908. The van der Waals surface area contributed by atoms with Gasteiger partial charge in [0.25, 0.3) is 0 Å². The average molecular weight is 318 g/mol. The van der Waals surface area contributed by atoms with Crippen LogP contribution in [0, 0.1) is 5.82 Å². The van der Waals surface area contributed by atoms with E-state index < -0.39 is 11.9 Å². The molecule has 1 aromatic heterocycles. The number of aromatic nitrogens is 2. The van der Waals surface area contributed by atoms with Gasteiger partial charge in [-0.25, -0.2) is 9.37 Å². The van der Waals surface area contributed by atoms with Crippen LogP contribution in [-0.2, 0) is 9.53 Å². The molecule has 7 nitrogen and oxygen atoms in total. The maximum atomic E-state index is 12.9. The maximum Gasteiger partial charge on any atom is 0.242 e. The van der Waals surface area contributed by atoms with Crippen molar-refractivity contribution in [2.75, 3.05) is 24.7 Å². The SMILES string of the molecule is NC(=O)[C@H]1COCCN1c1nccc(Oc2ccc(F)cc2)n1. The molecule has 1 aliphatic rings. The van der Waals surface area contributed by atoms with Crippen molar-refractivity contribution in [3.05, 3.63) is 42.3 Å². The lowest BCUT2D eigenvalue weighted by Crippen LogP contribution is -2.53. The van der Waals surface area contributed by atoms with E-state index in [0.717, 1.165) is 0 Å². The molecule has 2 heterocycles. The molecule has 3 rings (SSSR count). The Hall–Kier alpha value is -2.74. The Morgan fingerprint density at radius 2 is 2.13 bits per heavy atom. The smallest absolute Gasteiger partial charge is 0.242 e. The van der Waals surface area contributed by atoms with E-state index in [1.807, 2.05) is 0 Å². The van der Waals surface area contributed by atoms with Crippen LogP contribution in [0.25, 0.3) is 0 Å². The number of halogens is 1. The number of anilines is 1. The van der Waals surface area contributed by atoms with E-state index in [1.165, 1.54) is 30.5 Å². The minimum atomic E-state index is -0.621. The Morgan fingerprint density at radius 3 is 2.87 bits per heavy atom. The van der Waals surface area contributed by atoms with Gasteiger partial charge in [0.1, 0.15) is 17.6 Å². The molecule has 2 N–H and O–H groups in total. The van der Waals surface area contributed by atoms with Gasteiger partial charge < -0.3 is 20.1 Å². The zero-order valence-corrected chi connectivity index (χ0v) is 12.2. The first-order valence-electron chi connectivity index (χ1n) is 7.03. The molecule has 1 atom stereocenters. The molecule has 1 aliphatic heterocycles. The lowest BCUT2D eigenvalue weighted by atomic mass is 10.2. The lowest BCUT2D eigenvalue weighted by molar-refractivity contribution is -0.121. The van der Waals surface area contributed by atoms with E-state index >= 15 is 0 Å². The van der Waals surface area contributed by atoms with Crippen LogP contribution in [0.1, 0.15) is 0 Å². The summed E-state index contributed by atoms with van der Waals surface area (Å²) in [6.07, 6.45) is 1.52. The largest absolute Gasteiger partial charge is 0.439 e. The first-order chi connectivity index (χ1) is 11.1. The third-order valence-corrected chi connectivity index (χ3v) is 3.37. The molecule has 1 saturated heterocycles. The number of rotatable bonds is 4. The van der Waals surface area contributed by atoms with Crippen LogP contribution in [0.15, 0.2) is 36.5 Å².